The second kappa shape index (κ2) is 6.15. The van der Waals surface area contributed by atoms with E-state index in [4.69, 9.17) is 4.74 Å². The van der Waals surface area contributed by atoms with Crippen molar-refractivity contribution in [3.05, 3.63) is 12.7 Å². The van der Waals surface area contributed by atoms with E-state index < -0.39 is 0 Å². The molecule has 2 rings (SSSR count). The Morgan fingerprint density at radius 1 is 1.29 bits per heavy atom. The van der Waals surface area contributed by atoms with E-state index in [0.717, 1.165) is 43.9 Å². The number of imidazole rings is 1. The zero-order valence-electron chi connectivity index (χ0n) is 9.94. The van der Waals surface area contributed by atoms with Crippen molar-refractivity contribution in [2.24, 2.45) is 0 Å². The summed E-state index contributed by atoms with van der Waals surface area (Å²) < 4.78 is 5.40. The minimum atomic E-state index is 0.685. The highest BCUT2D eigenvalue weighted by Crippen LogP contribution is 2.13. The molecule has 2 N–H and O–H groups in total. The molecule has 0 aliphatic heterocycles. The molecule has 0 saturated carbocycles. The van der Waals surface area contributed by atoms with Crippen LogP contribution in [-0.4, -0.2) is 39.7 Å². The van der Waals surface area contributed by atoms with Crippen molar-refractivity contribution in [2.45, 2.75) is 19.8 Å². The molecule has 2 aromatic heterocycles. The first-order valence-corrected chi connectivity index (χ1v) is 5.87. The first-order chi connectivity index (χ1) is 8.42. The van der Waals surface area contributed by atoms with Gasteiger partial charge < -0.3 is 15.0 Å². The summed E-state index contributed by atoms with van der Waals surface area (Å²) in [4.78, 5) is 15.3. The van der Waals surface area contributed by atoms with Crippen molar-refractivity contribution in [3.63, 3.8) is 0 Å². The number of nitrogens with one attached hydrogen (secondary N) is 2. The Hall–Kier alpha value is -1.69. The van der Waals surface area contributed by atoms with Crippen molar-refractivity contribution in [3.8, 4) is 0 Å². The highest BCUT2D eigenvalue weighted by molar-refractivity contribution is 5.81. The van der Waals surface area contributed by atoms with E-state index in [-0.39, 0.29) is 0 Å². The maximum atomic E-state index is 5.40. The summed E-state index contributed by atoms with van der Waals surface area (Å²) in [5, 5.41) is 3.25. The topological polar surface area (TPSA) is 75.7 Å². The molecular formula is C11H17N5O. The van der Waals surface area contributed by atoms with Crippen LogP contribution in [0.4, 0.5) is 5.82 Å². The molecule has 92 valence electrons. The fourth-order valence-corrected chi connectivity index (χ4v) is 1.53. The predicted molar refractivity (Wildman–Crippen MR) is 65.9 cm³/mol. The van der Waals surface area contributed by atoms with Gasteiger partial charge in [0, 0.05) is 19.8 Å². The van der Waals surface area contributed by atoms with Crippen molar-refractivity contribution in [1.29, 1.82) is 0 Å². The molecule has 0 bridgehead atoms. The van der Waals surface area contributed by atoms with Gasteiger partial charge in [-0.25, -0.2) is 15.0 Å². The number of aromatic amines is 1. The molecule has 0 atom stereocenters. The van der Waals surface area contributed by atoms with Gasteiger partial charge in [0.25, 0.3) is 0 Å². The van der Waals surface area contributed by atoms with E-state index >= 15 is 0 Å². The number of aromatic nitrogens is 4. The third-order valence-corrected chi connectivity index (χ3v) is 2.33. The van der Waals surface area contributed by atoms with Crippen LogP contribution in [0.3, 0.4) is 0 Å². The Bertz CT molecular complexity index is 456. The van der Waals surface area contributed by atoms with E-state index in [2.05, 4.69) is 32.2 Å². The molecule has 2 heterocycles. The van der Waals surface area contributed by atoms with E-state index in [9.17, 15) is 0 Å². The lowest BCUT2D eigenvalue weighted by Crippen LogP contribution is -2.07. The SMILES string of the molecule is CCCOCCCNc1ncnc2nc[nH]c12. The number of ether oxygens (including phenoxy) is 1. The van der Waals surface area contributed by atoms with Crippen LogP contribution in [0.5, 0.6) is 0 Å². The summed E-state index contributed by atoms with van der Waals surface area (Å²) in [6, 6.07) is 0. The Morgan fingerprint density at radius 2 is 2.24 bits per heavy atom. The van der Waals surface area contributed by atoms with Crippen LogP contribution in [0.15, 0.2) is 12.7 Å². The summed E-state index contributed by atoms with van der Waals surface area (Å²) in [7, 11) is 0. The zero-order valence-corrected chi connectivity index (χ0v) is 9.94. The van der Waals surface area contributed by atoms with Crippen molar-refractivity contribution in [2.75, 3.05) is 25.1 Å². The largest absolute Gasteiger partial charge is 0.381 e. The molecule has 0 fully saturated rings. The first-order valence-electron chi connectivity index (χ1n) is 5.87. The number of nitrogens with zero attached hydrogens (tertiary/aromatic N) is 3. The van der Waals surface area contributed by atoms with E-state index in [0.29, 0.717) is 5.65 Å². The highest BCUT2D eigenvalue weighted by Gasteiger charge is 2.03. The first kappa shape index (κ1) is 11.8. The molecule has 6 nitrogen and oxygen atoms in total. The molecule has 0 unspecified atom stereocenters. The van der Waals surface area contributed by atoms with Crippen molar-refractivity contribution >= 4 is 17.0 Å². The van der Waals surface area contributed by atoms with Crippen LogP contribution in [0.25, 0.3) is 11.2 Å². The molecular weight excluding hydrogens is 218 g/mol. The lowest BCUT2D eigenvalue weighted by molar-refractivity contribution is 0.134. The number of hydrogen-bond acceptors (Lipinski definition) is 5. The molecule has 2 aromatic rings. The van der Waals surface area contributed by atoms with Crippen LogP contribution in [-0.2, 0) is 4.74 Å². The number of rotatable bonds is 7. The third-order valence-electron chi connectivity index (χ3n) is 2.33. The number of hydrogen-bond donors (Lipinski definition) is 2. The summed E-state index contributed by atoms with van der Waals surface area (Å²) in [6.45, 7) is 4.54. The predicted octanol–water partition coefficient (Wildman–Crippen LogP) is 1.58. The van der Waals surface area contributed by atoms with Crippen molar-refractivity contribution < 1.29 is 4.74 Å². The maximum absolute atomic E-state index is 5.40. The van der Waals surface area contributed by atoms with Gasteiger partial charge in [0.15, 0.2) is 11.5 Å². The fourth-order valence-electron chi connectivity index (χ4n) is 1.53. The van der Waals surface area contributed by atoms with Crippen LogP contribution in [0.1, 0.15) is 19.8 Å². The lowest BCUT2D eigenvalue weighted by Gasteiger charge is -2.06. The van der Waals surface area contributed by atoms with Gasteiger partial charge in [-0.3, -0.25) is 0 Å². The summed E-state index contributed by atoms with van der Waals surface area (Å²) >= 11 is 0. The maximum Gasteiger partial charge on any atom is 0.182 e. The smallest absolute Gasteiger partial charge is 0.182 e. The molecule has 0 aliphatic carbocycles. The summed E-state index contributed by atoms with van der Waals surface area (Å²) in [5.74, 6) is 0.794. The average Bonchev–Trinajstić information content (AvgIpc) is 2.82. The van der Waals surface area contributed by atoms with Gasteiger partial charge in [0.05, 0.1) is 6.33 Å². The Labute approximate surface area is 99.8 Å². The fraction of sp³-hybridized carbons (Fsp3) is 0.545. The van der Waals surface area contributed by atoms with E-state index in [1.807, 2.05) is 0 Å². The highest BCUT2D eigenvalue weighted by atomic mass is 16.5. The molecule has 6 heteroatoms. The Morgan fingerprint density at radius 3 is 3.12 bits per heavy atom. The Balaban J connectivity index is 1.80. The minimum Gasteiger partial charge on any atom is -0.381 e. The van der Waals surface area contributed by atoms with Gasteiger partial charge in [-0.15, -0.1) is 0 Å². The molecule has 17 heavy (non-hydrogen) atoms. The molecule has 0 radical (unpaired) electrons. The molecule has 0 amide bonds. The monoisotopic (exact) mass is 235 g/mol. The van der Waals surface area contributed by atoms with Gasteiger partial charge in [-0.05, 0) is 12.8 Å². The summed E-state index contributed by atoms with van der Waals surface area (Å²) in [5.41, 5.74) is 1.53. The molecule has 0 aliphatic rings. The van der Waals surface area contributed by atoms with Gasteiger partial charge in [-0.1, -0.05) is 6.92 Å². The zero-order chi connectivity index (χ0) is 11.9. The Kier molecular flexibility index (Phi) is 4.26. The normalized spacial score (nSPS) is 10.9. The summed E-state index contributed by atoms with van der Waals surface area (Å²) in [6.07, 6.45) is 5.15. The van der Waals surface area contributed by atoms with Gasteiger partial charge in [0.2, 0.25) is 0 Å². The lowest BCUT2D eigenvalue weighted by atomic mass is 10.4. The second-order valence-corrected chi connectivity index (χ2v) is 3.72. The number of H-pyrrole nitrogens is 1. The average molecular weight is 235 g/mol. The molecule has 0 aromatic carbocycles. The van der Waals surface area contributed by atoms with Gasteiger partial charge >= 0.3 is 0 Å². The van der Waals surface area contributed by atoms with Gasteiger partial charge in [-0.2, -0.15) is 0 Å². The molecule has 0 saturated heterocycles. The molecule has 0 spiro atoms. The van der Waals surface area contributed by atoms with Gasteiger partial charge in [0.1, 0.15) is 11.8 Å². The number of fused-ring (bicyclic) bond motifs is 1. The van der Waals surface area contributed by atoms with Crippen LogP contribution >= 0.6 is 0 Å². The number of anilines is 1. The van der Waals surface area contributed by atoms with E-state index in [1.54, 1.807) is 6.33 Å². The minimum absolute atomic E-state index is 0.685. The van der Waals surface area contributed by atoms with Crippen LogP contribution in [0, 0.1) is 0 Å². The van der Waals surface area contributed by atoms with Crippen LogP contribution in [0.2, 0.25) is 0 Å². The quantitative estimate of drug-likeness (QED) is 0.713. The van der Waals surface area contributed by atoms with Crippen LogP contribution < -0.4 is 5.32 Å². The van der Waals surface area contributed by atoms with E-state index in [1.165, 1.54) is 6.33 Å². The van der Waals surface area contributed by atoms with Crippen molar-refractivity contribution in [1.82, 2.24) is 19.9 Å². The third kappa shape index (κ3) is 3.13. The standard InChI is InChI=1S/C11H17N5O/c1-2-5-17-6-3-4-12-10-9-11(14-7-13-9)16-8-15-10/h7-8H,2-6H2,1H3,(H2,12,13,14,15,16). The second-order valence-electron chi connectivity index (χ2n) is 3.72.